The van der Waals surface area contributed by atoms with Crippen LogP contribution in [0.1, 0.15) is 35.1 Å². The van der Waals surface area contributed by atoms with Crippen molar-refractivity contribution in [3.05, 3.63) is 76.9 Å². The van der Waals surface area contributed by atoms with Crippen LogP contribution >= 0.6 is 0 Å². The average molecular weight is 422 g/mol. The summed E-state index contributed by atoms with van der Waals surface area (Å²) in [4.78, 5) is 10.0. The number of aromatic nitrogens is 2. The summed E-state index contributed by atoms with van der Waals surface area (Å²) >= 11 is 0. The lowest BCUT2D eigenvalue weighted by Crippen LogP contribution is -2.47. The van der Waals surface area contributed by atoms with E-state index in [0.29, 0.717) is 0 Å². The highest BCUT2D eigenvalue weighted by atomic mass is 15.3. The lowest BCUT2D eigenvalue weighted by Gasteiger charge is -2.38. The van der Waals surface area contributed by atoms with Crippen LogP contribution in [0.15, 0.2) is 54.6 Å². The number of piperazine rings is 1. The smallest absolute Gasteiger partial charge is 0.157 e. The first-order valence-corrected chi connectivity index (χ1v) is 11.7. The minimum absolute atomic E-state index is 0.780. The van der Waals surface area contributed by atoms with Gasteiger partial charge in [-0.05, 0) is 54.5 Å². The number of benzene rings is 2. The molecule has 3 heterocycles. The molecule has 1 saturated heterocycles. The molecule has 32 heavy (non-hydrogen) atoms. The highest BCUT2D eigenvalue weighted by Gasteiger charge is 2.29. The number of anilines is 1. The van der Waals surface area contributed by atoms with Gasteiger partial charge in [-0.3, -0.25) is 9.30 Å². The Kier molecular flexibility index (Phi) is 4.81. The molecule has 2 aromatic heterocycles. The quantitative estimate of drug-likeness (QED) is 0.487. The first-order chi connectivity index (χ1) is 15.8. The van der Waals surface area contributed by atoms with Gasteiger partial charge in [0.05, 0.1) is 16.6 Å². The summed E-state index contributed by atoms with van der Waals surface area (Å²) in [6.07, 6.45) is 4.38. The fourth-order valence-electron chi connectivity index (χ4n) is 5.52. The standard InChI is InChI=1S/C27H27N5/c28-18-23-21-10-4-5-11-22(21)27(32-25-13-7-6-12-24(25)29-26(23)32)31-16-14-30(15-17-31)19-20-8-2-1-3-9-20/h1-3,6-9,12-13H,4-5,10-11,14-17,19H2. The van der Waals surface area contributed by atoms with Crippen LogP contribution in [0.2, 0.25) is 0 Å². The Labute approximate surface area is 188 Å². The molecule has 1 aliphatic heterocycles. The summed E-state index contributed by atoms with van der Waals surface area (Å²) < 4.78 is 2.28. The van der Waals surface area contributed by atoms with Gasteiger partial charge in [0.1, 0.15) is 11.9 Å². The first kappa shape index (κ1) is 19.3. The Morgan fingerprint density at radius 1 is 0.844 bits per heavy atom. The fourth-order valence-corrected chi connectivity index (χ4v) is 5.52. The van der Waals surface area contributed by atoms with Gasteiger partial charge < -0.3 is 4.90 Å². The molecule has 0 unspecified atom stereocenters. The molecule has 0 spiro atoms. The number of hydrogen-bond donors (Lipinski definition) is 0. The maximum atomic E-state index is 10.1. The average Bonchev–Trinajstić information content (AvgIpc) is 3.23. The maximum Gasteiger partial charge on any atom is 0.157 e. The van der Waals surface area contributed by atoms with Crippen molar-refractivity contribution in [3.8, 4) is 6.07 Å². The number of nitrogens with zero attached hydrogens (tertiary/aromatic N) is 5. The van der Waals surface area contributed by atoms with Crippen molar-refractivity contribution in [1.82, 2.24) is 14.3 Å². The Bertz CT molecular complexity index is 1320. The predicted molar refractivity (Wildman–Crippen MR) is 128 cm³/mol. The minimum atomic E-state index is 0.780. The number of fused-ring (bicyclic) bond motifs is 4. The molecule has 2 aromatic carbocycles. The molecule has 0 atom stereocenters. The van der Waals surface area contributed by atoms with Crippen LogP contribution < -0.4 is 4.90 Å². The number of hydrogen-bond acceptors (Lipinski definition) is 4. The SMILES string of the molecule is N#Cc1c2c(c(N3CCN(Cc4ccccc4)CC3)n3c1nc1ccccc13)CCCC2. The number of imidazole rings is 1. The molecular weight excluding hydrogens is 394 g/mol. The Morgan fingerprint density at radius 3 is 2.34 bits per heavy atom. The van der Waals surface area contributed by atoms with Crippen LogP contribution in [-0.2, 0) is 19.4 Å². The van der Waals surface area contributed by atoms with Gasteiger partial charge in [0.15, 0.2) is 5.65 Å². The Morgan fingerprint density at radius 2 is 1.56 bits per heavy atom. The molecule has 0 radical (unpaired) electrons. The second kappa shape index (κ2) is 7.96. The molecule has 4 aromatic rings. The van der Waals surface area contributed by atoms with Crippen molar-refractivity contribution in [2.75, 3.05) is 31.1 Å². The first-order valence-electron chi connectivity index (χ1n) is 11.7. The zero-order chi connectivity index (χ0) is 21.5. The van der Waals surface area contributed by atoms with Gasteiger partial charge in [-0.2, -0.15) is 5.26 Å². The van der Waals surface area contributed by atoms with E-state index in [0.717, 1.165) is 74.2 Å². The second-order valence-corrected chi connectivity index (χ2v) is 8.98. The Hall–Kier alpha value is -3.36. The van der Waals surface area contributed by atoms with Crippen molar-refractivity contribution in [1.29, 1.82) is 5.26 Å². The van der Waals surface area contributed by atoms with Crippen molar-refractivity contribution >= 4 is 22.5 Å². The van der Waals surface area contributed by atoms with E-state index in [9.17, 15) is 5.26 Å². The van der Waals surface area contributed by atoms with Crippen molar-refractivity contribution in [2.45, 2.75) is 32.2 Å². The minimum Gasteiger partial charge on any atom is -0.355 e. The molecule has 5 heteroatoms. The zero-order valence-corrected chi connectivity index (χ0v) is 18.3. The van der Waals surface area contributed by atoms with Gasteiger partial charge >= 0.3 is 0 Å². The van der Waals surface area contributed by atoms with Gasteiger partial charge in [-0.1, -0.05) is 42.5 Å². The van der Waals surface area contributed by atoms with Crippen molar-refractivity contribution < 1.29 is 0 Å². The highest BCUT2D eigenvalue weighted by molar-refractivity contribution is 5.86. The largest absolute Gasteiger partial charge is 0.355 e. The van der Waals surface area contributed by atoms with Gasteiger partial charge in [0.25, 0.3) is 0 Å². The topological polar surface area (TPSA) is 47.6 Å². The molecule has 160 valence electrons. The third-order valence-electron chi connectivity index (χ3n) is 7.07. The van der Waals surface area contributed by atoms with Crippen LogP contribution in [0.5, 0.6) is 0 Å². The fraction of sp³-hybridized carbons (Fsp3) is 0.333. The lowest BCUT2D eigenvalue weighted by molar-refractivity contribution is 0.249. The molecule has 1 fully saturated rings. The van der Waals surface area contributed by atoms with Gasteiger partial charge in [-0.25, -0.2) is 4.98 Å². The van der Waals surface area contributed by atoms with Crippen LogP contribution in [0, 0.1) is 11.3 Å². The number of para-hydroxylation sites is 2. The monoisotopic (exact) mass is 421 g/mol. The summed E-state index contributed by atoms with van der Waals surface area (Å²) in [6.45, 7) is 5.07. The predicted octanol–water partition coefficient (Wildman–Crippen LogP) is 4.56. The molecule has 5 nitrogen and oxygen atoms in total. The van der Waals surface area contributed by atoms with E-state index < -0.39 is 0 Å². The summed E-state index contributed by atoms with van der Waals surface area (Å²) in [5.74, 6) is 1.28. The highest BCUT2D eigenvalue weighted by Crippen LogP contribution is 2.37. The molecule has 0 bridgehead atoms. The van der Waals surface area contributed by atoms with Gasteiger partial charge in [0, 0.05) is 32.7 Å². The number of rotatable bonds is 3. The van der Waals surface area contributed by atoms with Crippen molar-refractivity contribution in [2.24, 2.45) is 0 Å². The summed E-state index contributed by atoms with van der Waals surface area (Å²) in [7, 11) is 0. The molecule has 6 rings (SSSR count). The zero-order valence-electron chi connectivity index (χ0n) is 18.3. The lowest BCUT2D eigenvalue weighted by atomic mass is 9.88. The van der Waals surface area contributed by atoms with E-state index in [-0.39, 0.29) is 0 Å². The molecule has 0 N–H and O–H groups in total. The van der Waals surface area contributed by atoms with E-state index in [1.807, 2.05) is 6.07 Å². The van der Waals surface area contributed by atoms with Gasteiger partial charge in [-0.15, -0.1) is 0 Å². The summed E-state index contributed by atoms with van der Waals surface area (Å²) in [6, 6.07) is 21.6. The summed E-state index contributed by atoms with van der Waals surface area (Å²) in [5.41, 5.74) is 7.67. The molecule has 2 aliphatic rings. The third kappa shape index (κ3) is 3.14. The maximum absolute atomic E-state index is 10.1. The summed E-state index contributed by atoms with van der Waals surface area (Å²) in [5, 5.41) is 10.1. The second-order valence-electron chi connectivity index (χ2n) is 8.98. The number of pyridine rings is 1. The molecule has 0 amide bonds. The van der Waals surface area contributed by atoms with Crippen LogP contribution in [0.25, 0.3) is 16.7 Å². The van der Waals surface area contributed by atoms with Crippen molar-refractivity contribution in [3.63, 3.8) is 0 Å². The van der Waals surface area contributed by atoms with Crippen LogP contribution in [-0.4, -0.2) is 40.5 Å². The molecule has 0 saturated carbocycles. The van der Waals surface area contributed by atoms with E-state index >= 15 is 0 Å². The van der Waals surface area contributed by atoms with E-state index in [1.165, 1.54) is 28.9 Å². The normalized spacial score (nSPS) is 16.9. The van der Waals surface area contributed by atoms with E-state index in [4.69, 9.17) is 4.98 Å². The molecule has 1 aliphatic carbocycles. The Balaban J connectivity index is 1.43. The van der Waals surface area contributed by atoms with E-state index in [2.05, 4.69) is 68.8 Å². The van der Waals surface area contributed by atoms with Crippen LogP contribution in [0.3, 0.4) is 0 Å². The van der Waals surface area contributed by atoms with Gasteiger partial charge in [0.2, 0.25) is 0 Å². The van der Waals surface area contributed by atoms with Crippen LogP contribution in [0.4, 0.5) is 5.82 Å². The molecular formula is C27H27N5. The van der Waals surface area contributed by atoms with E-state index in [1.54, 1.807) is 0 Å². The number of nitriles is 1. The third-order valence-corrected chi connectivity index (χ3v) is 7.07.